The number of fused-ring (bicyclic) bond motifs is 1. The lowest BCUT2D eigenvalue weighted by molar-refractivity contribution is -0.138. The van der Waals surface area contributed by atoms with E-state index in [-0.39, 0.29) is 33.9 Å². The summed E-state index contributed by atoms with van der Waals surface area (Å²) in [5, 5.41) is 5.71. The Morgan fingerprint density at radius 1 is 1.06 bits per heavy atom. The number of benzene rings is 2. The molecule has 1 saturated heterocycles. The zero-order valence-electron chi connectivity index (χ0n) is 19.3. The molecular weight excluding hydrogens is 486 g/mol. The van der Waals surface area contributed by atoms with Gasteiger partial charge in [0.25, 0.3) is 5.91 Å². The number of carbonyl (C=O) groups is 1. The number of hydrogen-bond donors (Lipinski definition) is 2. The van der Waals surface area contributed by atoms with Crippen molar-refractivity contribution in [3.8, 4) is 0 Å². The van der Waals surface area contributed by atoms with Gasteiger partial charge in [0, 0.05) is 29.9 Å². The SMILES string of the molecule is CCN1CCCC(NC(=O)c2ccc(C(F)(F)F)cc2Nc2ccnc3c(C(F)(F)F)cccc23)C1. The van der Waals surface area contributed by atoms with E-state index in [0.717, 1.165) is 56.4 Å². The molecule has 36 heavy (non-hydrogen) atoms. The maximum atomic E-state index is 13.5. The van der Waals surface area contributed by atoms with Crippen molar-refractivity contribution in [3.05, 3.63) is 65.4 Å². The fourth-order valence-corrected chi connectivity index (χ4v) is 4.40. The highest BCUT2D eigenvalue weighted by atomic mass is 19.4. The average molecular weight is 510 g/mol. The molecule has 2 heterocycles. The Bertz CT molecular complexity index is 1260. The third kappa shape index (κ3) is 5.56. The van der Waals surface area contributed by atoms with Crippen molar-refractivity contribution in [1.29, 1.82) is 0 Å². The van der Waals surface area contributed by atoms with Crippen molar-refractivity contribution >= 4 is 28.2 Å². The van der Waals surface area contributed by atoms with E-state index >= 15 is 0 Å². The van der Waals surface area contributed by atoms with Crippen LogP contribution in [-0.4, -0.2) is 41.5 Å². The molecule has 2 N–H and O–H groups in total. The number of carbonyl (C=O) groups excluding carboxylic acids is 1. The van der Waals surface area contributed by atoms with Gasteiger partial charge in [-0.25, -0.2) is 0 Å². The van der Waals surface area contributed by atoms with Gasteiger partial charge in [0.05, 0.1) is 27.9 Å². The number of amides is 1. The lowest BCUT2D eigenvalue weighted by atomic mass is 10.0. The van der Waals surface area contributed by atoms with E-state index in [2.05, 4.69) is 20.5 Å². The lowest BCUT2D eigenvalue weighted by Gasteiger charge is -2.32. The Labute approximate surface area is 203 Å². The fourth-order valence-electron chi connectivity index (χ4n) is 4.40. The first-order chi connectivity index (χ1) is 17.0. The number of likely N-dealkylation sites (N-methyl/N-ethyl adjacent to an activating group) is 1. The van der Waals surface area contributed by atoms with Crippen LogP contribution in [0.15, 0.2) is 48.7 Å². The number of piperidine rings is 1. The van der Waals surface area contributed by atoms with Gasteiger partial charge in [-0.05, 0) is 56.3 Å². The number of anilines is 2. The maximum absolute atomic E-state index is 13.5. The van der Waals surface area contributed by atoms with E-state index in [1.165, 1.54) is 18.2 Å². The second kappa shape index (κ2) is 9.96. The van der Waals surface area contributed by atoms with Crippen LogP contribution in [0, 0.1) is 0 Å². The highest BCUT2D eigenvalue weighted by molar-refractivity contribution is 6.02. The number of nitrogens with one attached hydrogen (secondary N) is 2. The standard InChI is InChI=1S/C25H24F6N4O/c1-2-35-12-4-5-16(14-35)33-23(36)18-9-8-15(24(26,27)28)13-21(18)34-20-10-11-32-22-17(20)6-3-7-19(22)25(29,30)31/h3,6-11,13,16H,2,4-5,12,14H2,1H3,(H,32,34)(H,33,36). The lowest BCUT2D eigenvalue weighted by Crippen LogP contribution is -2.47. The minimum atomic E-state index is -4.68. The van der Waals surface area contributed by atoms with Gasteiger partial charge >= 0.3 is 12.4 Å². The summed E-state index contributed by atoms with van der Waals surface area (Å²) in [6.45, 7) is 4.35. The van der Waals surface area contributed by atoms with Crippen molar-refractivity contribution < 1.29 is 31.1 Å². The molecule has 2 aromatic carbocycles. The molecule has 0 saturated carbocycles. The van der Waals surface area contributed by atoms with Crippen LogP contribution < -0.4 is 10.6 Å². The fraction of sp³-hybridized carbons (Fsp3) is 0.360. The van der Waals surface area contributed by atoms with Gasteiger partial charge in [-0.15, -0.1) is 0 Å². The molecule has 1 unspecified atom stereocenters. The molecule has 1 aromatic heterocycles. The van der Waals surface area contributed by atoms with Gasteiger partial charge in [0.15, 0.2) is 0 Å². The first kappa shape index (κ1) is 25.7. The first-order valence-electron chi connectivity index (χ1n) is 11.4. The van der Waals surface area contributed by atoms with Crippen LogP contribution in [0.4, 0.5) is 37.7 Å². The number of hydrogen-bond acceptors (Lipinski definition) is 4. The predicted octanol–water partition coefficient (Wildman–Crippen LogP) is 6.23. The number of halogens is 6. The summed E-state index contributed by atoms with van der Waals surface area (Å²) in [6, 6.07) is 7.31. The topological polar surface area (TPSA) is 57.3 Å². The predicted molar refractivity (Wildman–Crippen MR) is 124 cm³/mol. The largest absolute Gasteiger partial charge is 0.418 e. The van der Waals surface area contributed by atoms with E-state index in [4.69, 9.17) is 0 Å². The summed E-state index contributed by atoms with van der Waals surface area (Å²) in [5.74, 6) is -0.566. The molecule has 5 nitrogen and oxygen atoms in total. The highest BCUT2D eigenvalue weighted by Gasteiger charge is 2.34. The van der Waals surface area contributed by atoms with Crippen LogP contribution in [0.1, 0.15) is 41.3 Å². The summed E-state index contributed by atoms with van der Waals surface area (Å²) < 4.78 is 80.8. The quantitative estimate of drug-likeness (QED) is 0.400. The number of para-hydroxylation sites is 1. The smallest absolute Gasteiger partial charge is 0.354 e. The van der Waals surface area contributed by atoms with Crippen LogP contribution in [0.25, 0.3) is 10.9 Å². The first-order valence-corrected chi connectivity index (χ1v) is 11.4. The number of aromatic nitrogens is 1. The van der Waals surface area contributed by atoms with E-state index < -0.39 is 29.4 Å². The average Bonchev–Trinajstić information content (AvgIpc) is 2.82. The van der Waals surface area contributed by atoms with Gasteiger partial charge in [0.2, 0.25) is 0 Å². The van der Waals surface area contributed by atoms with Crippen molar-refractivity contribution in [2.24, 2.45) is 0 Å². The molecule has 1 aliphatic heterocycles. The van der Waals surface area contributed by atoms with Gasteiger partial charge in [-0.1, -0.05) is 19.1 Å². The van der Waals surface area contributed by atoms with E-state index in [9.17, 15) is 31.1 Å². The second-order valence-electron chi connectivity index (χ2n) is 8.65. The van der Waals surface area contributed by atoms with Gasteiger partial charge in [-0.2, -0.15) is 26.3 Å². The van der Waals surface area contributed by atoms with Crippen molar-refractivity contribution in [1.82, 2.24) is 15.2 Å². The number of pyridine rings is 1. The summed E-state index contributed by atoms with van der Waals surface area (Å²) in [4.78, 5) is 19.1. The van der Waals surface area contributed by atoms with E-state index in [0.29, 0.717) is 6.54 Å². The van der Waals surface area contributed by atoms with Crippen molar-refractivity contribution in [3.63, 3.8) is 0 Å². The Morgan fingerprint density at radius 3 is 2.53 bits per heavy atom. The third-order valence-corrected chi connectivity index (χ3v) is 6.23. The van der Waals surface area contributed by atoms with Crippen LogP contribution >= 0.6 is 0 Å². The molecule has 1 amide bonds. The number of nitrogens with zero attached hydrogens (tertiary/aromatic N) is 2. The molecule has 0 aliphatic carbocycles. The number of likely N-dealkylation sites (tertiary alicyclic amines) is 1. The summed E-state index contributed by atoms with van der Waals surface area (Å²) in [6.07, 6.45) is -6.60. The Hall–Kier alpha value is -3.34. The van der Waals surface area contributed by atoms with Gasteiger partial charge in [0.1, 0.15) is 0 Å². The van der Waals surface area contributed by atoms with E-state index in [1.54, 1.807) is 0 Å². The Kier molecular flexibility index (Phi) is 7.12. The zero-order chi connectivity index (χ0) is 26.1. The summed E-state index contributed by atoms with van der Waals surface area (Å²) >= 11 is 0. The third-order valence-electron chi connectivity index (χ3n) is 6.23. The van der Waals surface area contributed by atoms with Crippen LogP contribution in [0.5, 0.6) is 0 Å². The minimum absolute atomic E-state index is 0.0476. The number of rotatable bonds is 5. The molecule has 0 bridgehead atoms. The normalized spacial score (nSPS) is 17.2. The molecule has 4 rings (SSSR count). The maximum Gasteiger partial charge on any atom is 0.418 e. The minimum Gasteiger partial charge on any atom is -0.354 e. The van der Waals surface area contributed by atoms with Crippen LogP contribution in [0.2, 0.25) is 0 Å². The zero-order valence-corrected chi connectivity index (χ0v) is 19.3. The van der Waals surface area contributed by atoms with Crippen molar-refractivity contribution in [2.75, 3.05) is 25.0 Å². The second-order valence-corrected chi connectivity index (χ2v) is 8.65. The molecule has 1 fully saturated rings. The Balaban J connectivity index is 1.72. The van der Waals surface area contributed by atoms with Crippen LogP contribution in [-0.2, 0) is 12.4 Å². The van der Waals surface area contributed by atoms with Crippen LogP contribution in [0.3, 0.4) is 0 Å². The molecule has 1 atom stereocenters. The molecule has 3 aromatic rings. The summed E-state index contributed by atoms with van der Waals surface area (Å²) in [5.41, 5.74) is -2.44. The summed E-state index contributed by atoms with van der Waals surface area (Å²) in [7, 11) is 0. The molecule has 192 valence electrons. The molecule has 11 heteroatoms. The molecule has 0 radical (unpaired) electrons. The Morgan fingerprint density at radius 2 is 1.83 bits per heavy atom. The van der Waals surface area contributed by atoms with Gasteiger partial charge < -0.3 is 15.5 Å². The van der Waals surface area contributed by atoms with E-state index in [1.807, 2.05) is 6.92 Å². The monoisotopic (exact) mass is 510 g/mol. The molecule has 1 aliphatic rings. The number of alkyl halides is 6. The molecule has 0 spiro atoms. The van der Waals surface area contributed by atoms with Gasteiger partial charge in [-0.3, -0.25) is 9.78 Å². The molecular formula is C25H24F6N4O. The van der Waals surface area contributed by atoms with Crippen molar-refractivity contribution in [2.45, 2.75) is 38.2 Å². The highest BCUT2D eigenvalue weighted by Crippen LogP contribution is 2.38.